The summed E-state index contributed by atoms with van der Waals surface area (Å²) in [7, 11) is 1.59. The van der Waals surface area contributed by atoms with E-state index in [1.165, 1.54) is 0 Å². The molecule has 1 aliphatic rings. The van der Waals surface area contributed by atoms with Gasteiger partial charge in [0, 0.05) is 12.0 Å². The Hall–Kier alpha value is -2.50. The Bertz CT molecular complexity index is 791. The summed E-state index contributed by atoms with van der Waals surface area (Å²) in [6.45, 7) is 8.55. The fourth-order valence-corrected chi connectivity index (χ4v) is 3.45. The van der Waals surface area contributed by atoms with E-state index < -0.39 is 5.97 Å². The molecule has 0 bridgehead atoms. The number of carbonyl (C=O) groups excluding carboxylic acids is 1. The summed E-state index contributed by atoms with van der Waals surface area (Å²) in [5, 5.41) is 9.01. The van der Waals surface area contributed by atoms with Crippen LogP contribution in [-0.2, 0) is 16.1 Å². The zero-order valence-corrected chi connectivity index (χ0v) is 17.4. The Kier molecular flexibility index (Phi) is 7.49. The molecule has 1 heterocycles. The number of fused-ring (bicyclic) bond motifs is 1. The molecule has 6 heteroatoms. The maximum absolute atomic E-state index is 12.4. The largest absolute Gasteiger partial charge is 0.496 e. The van der Waals surface area contributed by atoms with Gasteiger partial charge in [-0.25, -0.2) is 4.79 Å². The van der Waals surface area contributed by atoms with Crippen molar-refractivity contribution in [1.29, 1.82) is 0 Å². The van der Waals surface area contributed by atoms with Crippen molar-refractivity contribution in [1.82, 2.24) is 0 Å². The third kappa shape index (κ3) is 4.49. The van der Waals surface area contributed by atoms with Crippen molar-refractivity contribution in [2.24, 2.45) is 0 Å². The van der Waals surface area contributed by atoms with Crippen molar-refractivity contribution in [3.8, 4) is 11.5 Å². The van der Waals surface area contributed by atoms with Gasteiger partial charge in [-0.2, -0.15) is 0 Å². The van der Waals surface area contributed by atoms with E-state index in [1.54, 1.807) is 7.11 Å². The van der Waals surface area contributed by atoms with Gasteiger partial charge in [0.1, 0.15) is 23.7 Å². The van der Waals surface area contributed by atoms with Crippen molar-refractivity contribution in [3.63, 3.8) is 0 Å². The molecule has 154 valence electrons. The summed E-state index contributed by atoms with van der Waals surface area (Å²) in [5.74, 6) is -0.0923. The predicted octanol–water partition coefficient (Wildman–Crippen LogP) is 4.90. The number of carbonyl (C=O) groups is 2. The second-order valence-electron chi connectivity index (χ2n) is 7.15. The highest BCUT2D eigenvalue weighted by molar-refractivity contribution is 6.00. The van der Waals surface area contributed by atoms with E-state index in [2.05, 4.69) is 6.92 Å². The quantitative estimate of drug-likeness (QED) is 0.452. The smallest absolute Gasteiger partial charge is 0.342 e. The Morgan fingerprint density at radius 2 is 1.89 bits per heavy atom. The van der Waals surface area contributed by atoms with Crippen LogP contribution in [0.2, 0.25) is 0 Å². The molecule has 0 saturated heterocycles. The molecule has 1 aromatic carbocycles. The van der Waals surface area contributed by atoms with Crippen LogP contribution in [-0.4, -0.2) is 30.8 Å². The Morgan fingerprint density at radius 1 is 1.18 bits per heavy atom. The minimum atomic E-state index is -0.844. The SMILES string of the molecule is CCCCCOc1c2c(c(C)c(OC)c1C(C)=C(C)CCC(=O)O)COC2=O. The molecule has 0 aliphatic carbocycles. The number of unbranched alkanes of at least 4 members (excludes halogenated alkanes) is 2. The van der Waals surface area contributed by atoms with Gasteiger partial charge in [-0.05, 0) is 44.7 Å². The summed E-state index contributed by atoms with van der Waals surface area (Å²) >= 11 is 0. The van der Waals surface area contributed by atoms with E-state index in [0.717, 1.165) is 47.1 Å². The van der Waals surface area contributed by atoms with E-state index in [4.69, 9.17) is 19.3 Å². The second-order valence-corrected chi connectivity index (χ2v) is 7.15. The van der Waals surface area contributed by atoms with Crippen LogP contribution in [0.4, 0.5) is 0 Å². The van der Waals surface area contributed by atoms with Crippen LogP contribution in [0.15, 0.2) is 5.57 Å². The van der Waals surface area contributed by atoms with Gasteiger partial charge in [0.2, 0.25) is 0 Å². The normalized spacial score (nSPS) is 13.7. The molecule has 6 nitrogen and oxygen atoms in total. The number of ether oxygens (including phenoxy) is 3. The fraction of sp³-hybridized carbons (Fsp3) is 0.545. The van der Waals surface area contributed by atoms with E-state index in [9.17, 15) is 9.59 Å². The summed E-state index contributed by atoms with van der Waals surface area (Å²) in [6.07, 6.45) is 3.46. The number of cyclic esters (lactones) is 1. The minimum absolute atomic E-state index is 0.0458. The van der Waals surface area contributed by atoms with Gasteiger partial charge in [0.05, 0.1) is 19.3 Å². The molecule has 28 heavy (non-hydrogen) atoms. The molecule has 0 radical (unpaired) electrons. The lowest BCUT2D eigenvalue weighted by Gasteiger charge is -2.21. The Morgan fingerprint density at radius 3 is 2.50 bits per heavy atom. The molecule has 0 atom stereocenters. The highest BCUT2D eigenvalue weighted by Crippen LogP contribution is 2.46. The van der Waals surface area contributed by atoms with Crippen LogP contribution in [0.25, 0.3) is 5.57 Å². The van der Waals surface area contributed by atoms with Crippen LogP contribution in [0.1, 0.15) is 79.9 Å². The first-order valence-corrected chi connectivity index (χ1v) is 9.75. The average Bonchev–Trinajstić information content (AvgIpc) is 3.05. The van der Waals surface area contributed by atoms with Gasteiger partial charge in [-0.15, -0.1) is 0 Å². The van der Waals surface area contributed by atoms with Gasteiger partial charge >= 0.3 is 11.9 Å². The summed E-state index contributed by atoms with van der Waals surface area (Å²) in [4.78, 5) is 23.4. The lowest BCUT2D eigenvalue weighted by Crippen LogP contribution is -2.09. The van der Waals surface area contributed by atoms with E-state index in [1.807, 2.05) is 20.8 Å². The third-order valence-corrected chi connectivity index (χ3v) is 5.26. The molecular weight excluding hydrogens is 360 g/mol. The molecule has 1 N–H and O–H groups in total. The van der Waals surface area contributed by atoms with Crippen molar-refractivity contribution in [2.45, 2.75) is 66.4 Å². The number of benzene rings is 1. The van der Waals surface area contributed by atoms with Crippen molar-refractivity contribution < 1.29 is 28.9 Å². The number of allylic oxidation sites excluding steroid dienone is 2. The summed E-state index contributed by atoms with van der Waals surface area (Å²) in [6, 6.07) is 0. The second kappa shape index (κ2) is 9.62. The van der Waals surface area contributed by atoms with Crippen LogP contribution in [0.5, 0.6) is 11.5 Å². The van der Waals surface area contributed by atoms with Gasteiger partial charge in [0.15, 0.2) is 0 Å². The molecule has 0 unspecified atom stereocenters. The molecule has 0 spiro atoms. The molecule has 1 aliphatic heterocycles. The fourth-order valence-electron chi connectivity index (χ4n) is 3.45. The zero-order valence-electron chi connectivity index (χ0n) is 17.4. The van der Waals surface area contributed by atoms with Crippen molar-refractivity contribution >= 4 is 17.5 Å². The van der Waals surface area contributed by atoms with Crippen LogP contribution in [0, 0.1) is 6.92 Å². The van der Waals surface area contributed by atoms with Gasteiger partial charge in [0.25, 0.3) is 0 Å². The minimum Gasteiger partial charge on any atom is -0.496 e. The topological polar surface area (TPSA) is 82.1 Å². The van der Waals surface area contributed by atoms with Gasteiger partial charge in [-0.1, -0.05) is 25.3 Å². The number of aliphatic carboxylic acids is 1. The number of rotatable bonds is 10. The molecule has 1 aromatic rings. The van der Waals surface area contributed by atoms with Crippen LogP contribution < -0.4 is 9.47 Å². The van der Waals surface area contributed by atoms with Crippen molar-refractivity contribution in [2.75, 3.05) is 13.7 Å². The highest BCUT2D eigenvalue weighted by atomic mass is 16.5. The molecule has 0 amide bonds. The Labute approximate surface area is 166 Å². The summed E-state index contributed by atoms with van der Waals surface area (Å²) < 4.78 is 17.1. The lowest BCUT2D eigenvalue weighted by molar-refractivity contribution is -0.136. The van der Waals surface area contributed by atoms with Gasteiger partial charge in [-0.3, -0.25) is 4.79 Å². The predicted molar refractivity (Wildman–Crippen MR) is 107 cm³/mol. The molecular formula is C22H30O6. The average molecular weight is 390 g/mol. The maximum atomic E-state index is 12.4. The maximum Gasteiger partial charge on any atom is 0.342 e. The number of hydrogen-bond acceptors (Lipinski definition) is 5. The molecule has 0 fully saturated rings. The zero-order chi connectivity index (χ0) is 20.8. The number of esters is 1. The molecule has 0 aromatic heterocycles. The lowest BCUT2D eigenvalue weighted by atomic mass is 9.90. The van der Waals surface area contributed by atoms with E-state index >= 15 is 0 Å². The van der Waals surface area contributed by atoms with Crippen LogP contribution in [0.3, 0.4) is 0 Å². The van der Waals surface area contributed by atoms with Gasteiger partial charge < -0.3 is 19.3 Å². The molecule has 2 rings (SSSR count). The highest BCUT2D eigenvalue weighted by Gasteiger charge is 2.34. The first-order valence-electron chi connectivity index (χ1n) is 9.75. The third-order valence-electron chi connectivity index (χ3n) is 5.26. The summed E-state index contributed by atoms with van der Waals surface area (Å²) in [5.41, 5.74) is 4.63. The van der Waals surface area contributed by atoms with E-state index in [0.29, 0.717) is 30.1 Å². The monoisotopic (exact) mass is 390 g/mol. The van der Waals surface area contributed by atoms with Crippen molar-refractivity contribution in [3.05, 3.63) is 27.8 Å². The number of hydrogen-bond donors (Lipinski definition) is 1. The first kappa shape index (κ1) is 21.8. The van der Waals surface area contributed by atoms with Crippen LogP contribution >= 0.6 is 0 Å². The molecule has 0 saturated carbocycles. The first-order chi connectivity index (χ1) is 13.3. The number of methoxy groups -OCH3 is 1. The van der Waals surface area contributed by atoms with E-state index in [-0.39, 0.29) is 19.0 Å². The number of carboxylic acid groups (broad SMARTS) is 1. The standard InChI is InChI=1S/C22H30O6/c1-6-7-8-11-27-21-18(14(3)13(2)9-10-17(23)24)20(26-5)15(4)16-12-28-22(25)19(16)21/h6-12H2,1-5H3,(H,23,24). The number of carboxylic acids is 1. The Balaban J connectivity index is 2.62.